The van der Waals surface area contributed by atoms with Gasteiger partial charge in [-0.05, 0) is 262 Å². The Morgan fingerprint density at radius 2 is 0.830 bits per heavy atom. The van der Waals surface area contributed by atoms with Gasteiger partial charge in [0.1, 0.15) is 30.4 Å². The van der Waals surface area contributed by atoms with E-state index < -0.39 is 23.0 Å². The van der Waals surface area contributed by atoms with Crippen molar-refractivity contribution < 1.29 is 42.9 Å². The number of benzene rings is 3. The lowest BCUT2D eigenvalue weighted by Crippen LogP contribution is -2.42. The summed E-state index contributed by atoms with van der Waals surface area (Å²) in [5.74, 6) is 2.39. The van der Waals surface area contributed by atoms with Gasteiger partial charge in [-0.3, -0.25) is 15.0 Å². The van der Waals surface area contributed by atoms with E-state index in [1.54, 1.807) is 20.8 Å². The Bertz CT molecular complexity index is 3440. The number of carbonyl (C=O) groups excluding carboxylic acids is 5. The second-order valence-corrected chi connectivity index (χ2v) is 28.5. The number of fused-ring (bicyclic) bond motifs is 6. The fourth-order valence-electron chi connectivity index (χ4n) is 13.4. The van der Waals surface area contributed by atoms with Crippen molar-refractivity contribution in [2.24, 2.45) is 17.8 Å². The molecule has 12 rings (SSSR count). The minimum atomic E-state index is -0.637. The van der Waals surface area contributed by atoms with Crippen molar-refractivity contribution in [3.05, 3.63) is 192 Å². The van der Waals surface area contributed by atoms with Gasteiger partial charge in [0.25, 0.3) is 0 Å². The molecule has 3 atom stereocenters. The molecule has 94 heavy (non-hydrogen) atoms. The van der Waals surface area contributed by atoms with Crippen molar-refractivity contribution >= 4 is 78.9 Å². The highest BCUT2D eigenvalue weighted by molar-refractivity contribution is 6.31. The third-order valence-corrected chi connectivity index (χ3v) is 18.1. The fraction of sp³-hybridized carbons (Fsp3) is 0.474. The summed E-state index contributed by atoms with van der Waals surface area (Å²) in [5.41, 5.74) is 14.1. The van der Waals surface area contributed by atoms with Gasteiger partial charge >= 0.3 is 18.3 Å². The molecule has 3 unspecified atom stereocenters. The molecule has 15 nitrogen and oxygen atoms in total. The summed E-state index contributed by atoms with van der Waals surface area (Å²) in [5, 5.41) is 5.87. The van der Waals surface area contributed by atoms with Gasteiger partial charge in [-0.25, -0.2) is 14.4 Å². The Hall–Kier alpha value is -7.17. The topological polar surface area (TPSA) is 179 Å². The number of hydrogen-bond donors (Lipinski definition) is 1. The fourth-order valence-corrected chi connectivity index (χ4v) is 14.0. The lowest BCUT2D eigenvalue weighted by molar-refractivity contribution is -0.0987. The van der Waals surface area contributed by atoms with E-state index in [-0.39, 0.29) is 31.4 Å². The van der Waals surface area contributed by atoms with E-state index in [4.69, 9.17) is 73.6 Å². The maximum absolute atomic E-state index is 12.5. The van der Waals surface area contributed by atoms with Crippen molar-refractivity contribution in [1.29, 1.82) is 0 Å². The summed E-state index contributed by atoms with van der Waals surface area (Å²) in [6.45, 7) is 25.9. The van der Waals surface area contributed by atoms with Crippen molar-refractivity contribution in [3.63, 3.8) is 0 Å². The molecular weight excluding hydrogens is 1250 g/mol. The third kappa shape index (κ3) is 20.9. The zero-order chi connectivity index (χ0) is 67.6. The van der Waals surface area contributed by atoms with Gasteiger partial charge in [-0.2, -0.15) is 0 Å². The van der Waals surface area contributed by atoms with Crippen LogP contribution in [0.5, 0.6) is 0 Å². The molecule has 3 aromatic heterocycles. The van der Waals surface area contributed by atoms with E-state index in [9.17, 15) is 14.4 Å². The molecule has 0 radical (unpaired) electrons. The van der Waals surface area contributed by atoms with Crippen molar-refractivity contribution in [2.75, 3.05) is 46.4 Å². The van der Waals surface area contributed by atoms with Crippen LogP contribution in [0.4, 0.5) is 14.4 Å². The predicted molar refractivity (Wildman–Crippen MR) is 377 cm³/mol. The number of hydrogen-bond acceptors (Lipinski definition) is 13. The molecule has 2 amide bonds. The molecule has 3 fully saturated rings. The number of pyridine rings is 3. The maximum atomic E-state index is 12.5. The van der Waals surface area contributed by atoms with E-state index in [1.165, 1.54) is 70.3 Å². The number of halogens is 3. The quantitative estimate of drug-likeness (QED) is 0.131. The van der Waals surface area contributed by atoms with Crippen LogP contribution in [0.1, 0.15) is 193 Å². The average Bonchev–Trinajstić information content (AvgIpc) is 1.52. The monoisotopic (exact) mass is 1340 g/mol. The molecular formula is C76H97Cl3N6O9. The Morgan fingerprint density at radius 1 is 0.468 bits per heavy atom. The molecule has 6 aliphatic rings. The highest BCUT2D eigenvalue weighted by atomic mass is 35.5. The molecule has 3 saturated heterocycles. The molecule has 3 aliphatic heterocycles. The Labute approximate surface area is 573 Å². The Kier molecular flexibility index (Phi) is 28.2. The molecule has 506 valence electrons. The molecule has 1 N–H and O–H groups in total. The van der Waals surface area contributed by atoms with Crippen molar-refractivity contribution in [2.45, 2.75) is 169 Å². The lowest BCUT2D eigenvalue weighted by Gasteiger charge is -2.37. The lowest BCUT2D eigenvalue weighted by atomic mass is 9.76. The van der Waals surface area contributed by atoms with Crippen LogP contribution in [0.15, 0.2) is 110 Å². The summed E-state index contributed by atoms with van der Waals surface area (Å²) in [6.07, 6.45) is 19.2. The second-order valence-electron chi connectivity index (χ2n) is 27.2. The van der Waals surface area contributed by atoms with Gasteiger partial charge in [0.2, 0.25) is 0 Å². The minimum absolute atomic E-state index is 0. The first-order valence-corrected chi connectivity index (χ1v) is 33.4. The van der Waals surface area contributed by atoms with Crippen LogP contribution in [0, 0.1) is 17.8 Å². The smallest absolute Gasteiger partial charge is 0.444 e. The third-order valence-electron chi connectivity index (χ3n) is 17.4. The predicted octanol–water partition coefficient (Wildman–Crippen LogP) is 17.4. The number of piperidine rings is 3. The van der Waals surface area contributed by atoms with Crippen LogP contribution in [0.25, 0.3) is 12.2 Å². The Balaban J connectivity index is 0.000000205. The van der Waals surface area contributed by atoms with E-state index in [1.807, 2.05) is 120 Å². The highest BCUT2D eigenvalue weighted by Crippen LogP contribution is 2.46. The van der Waals surface area contributed by atoms with E-state index in [0.29, 0.717) is 36.8 Å². The van der Waals surface area contributed by atoms with Crippen LogP contribution < -0.4 is 5.32 Å². The van der Waals surface area contributed by atoms with E-state index in [2.05, 4.69) is 76.8 Å². The number of rotatable bonds is 3. The van der Waals surface area contributed by atoms with Crippen LogP contribution >= 0.6 is 34.8 Å². The number of likely N-dealkylation sites (tertiary alicyclic amines) is 2. The normalized spacial score (nSPS) is 18.3. The van der Waals surface area contributed by atoms with Gasteiger partial charge in [-0.15, -0.1) is 0 Å². The number of ether oxygens (including phenoxy) is 4. The molecule has 18 heteroatoms. The second kappa shape index (κ2) is 35.0. The number of nitrogens with zero attached hydrogens (tertiary/aromatic N) is 5. The number of aryl methyl sites for hydroxylation is 4. The van der Waals surface area contributed by atoms with Gasteiger partial charge in [-0.1, -0.05) is 90.8 Å². The first-order chi connectivity index (χ1) is 44.4. The number of carbonyl (C=O) groups is 5. The summed E-state index contributed by atoms with van der Waals surface area (Å²) in [6, 6.07) is 31.5. The summed E-state index contributed by atoms with van der Waals surface area (Å²) in [7, 11) is 1.29. The minimum Gasteiger partial charge on any atom is -0.444 e. The van der Waals surface area contributed by atoms with Crippen molar-refractivity contribution in [1.82, 2.24) is 30.1 Å². The number of amides is 2. The highest BCUT2D eigenvalue weighted by Gasteiger charge is 2.38. The summed E-state index contributed by atoms with van der Waals surface area (Å²) >= 11 is 18.8. The number of nitrogens with one attached hydrogen (secondary N) is 1. The van der Waals surface area contributed by atoms with E-state index >= 15 is 0 Å². The van der Waals surface area contributed by atoms with Gasteiger partial charge < -0.3 is 43.7 Å². The van der Waals surface area contributed by atoms with Crippen LogP contribution in [-0.2, 0) is 54.2 Å². The largest absolute Gasteiger partial charge is 0.508 e. The maximum Gasteiger partial charge on any atom is 0.508 e. The molecule has 6 aromatic rings. The molecule has 0 spiro atoms. The molecule has 6 heterocycles. The Morgan fingerprint density at radius 3 is 1.24 bits per heavy atom. The first-order valence-electron chi connectivity index (χ1n) is 32.3. The molecule has 0 bridgehead atoms. The molecule has 3 aliphatic carbocycles. The first kappa shape index (κ1) is 75.9. The van der Waals surface area contributed by atoms with Gasteiger partial charge in [0.05, 0.1) is 24.2 Å². The summed E-state index contributed by atoms with van der Waals surface area (Å²) < 4.78 is 20.1. The van der Waals surface area contributed by atoms with Gasteiger partial charge in [0.15, 0.2) is 0 Å². The van der Waals surface area contributed by atoms with Crippen LogP contribution in [0.3, 0.4) is 0 Å². The molecule has 0 saturated carbocycles. The summed E-state index contributed by atoms with van der Waals surface area (Å²) in [4.78, 5) is 69.4. The zero-order valence-corrected chi connectivity index (χ0v) is 58.1. The standard InChI is InChI=1S/C24H29ClN2O2.C24H27ClN2O2.C19H21ClN2.C6H12O3.2CH2O.CH4/c2*1-24(2,3)29-23(28)27-13-10-16(11-14-27)21-20-9-8-19(25)15-18(20)7-6-17-5-4-12-26-22(17)21;20-16-5-6-17-15(12-16)4-3-14-2-1-9-22-19(14)18(17)13-7-10-21-11-8-13;1-6(2,3)9-5(7)8-4;2*1-2;/h4-5,8-9,12,15-16,21H,6-7,10-11,13-14H2,1-3H3;4-9,12,15-16,21H,10-11,13-14H2,1-3H3;1-2,5-6,9,12-13,18,21H,3-4,7-8,10-11H2;1-4H3;2*1H2;1H4. The van der Waals surface area contributed by atoms with E-state index in [0.717, 1.165) is 109 Å². The van der Waals surface area contributed by atoms with Gasteiger partial charge in [0, 0.05) is 77.6 Å². The van der Waals surface area contributed by atoms with Crippen LogP contribution in [0.2, 0.25) is 15.1 Å². The average molecular weight is 1350 g/mol. The zero-order valence-electron chi connectivity index (χ0n) is 55.8. The van der Waals surface area contributed by atoms with Crippen molar-refractivity contribution in [3.8, 4) is 0 Å². The van der Waals surface area contributed by atoms with Crippen LogP contribution in [-0.4, -0.2) is 120 Å². The number of aromatic nitrogens is 3. The number of methoxy groups -OCH3 is 1. The SMILES string of the molecule is C.C=O.C=O.CC(C)(C)OC(=O)N1CCC(C2c3ccc(Cl)cc3C=Cc3cccnc32)CC1.CC(C)(C)OC(=O)N1CCC(C2c3ccc(Cl)cc3CCc3cccnc32)CC1.COC(=O)OC(C)(C)C.Clc1ccc2c(c1)CCc1cccnc1C2C1CCNCC1. The molecule has 3 aromatic carbocycles.